The number of carbonyl (C=O) groups is 3. The summed E-state index contributed by atoms with van der Waals surface area (Å²) < 4.78 is 34.2. The molecule has 46 heavy (non-hydrogen) atoms. The van der Waals surface area contributed by atoms with Crippen LogP contribution in [0.1, 0.15) is 19.6 Å². The lowest BCUT2D eigenvalue weighted by Crippen LogP contribution is -2.60. The number of nitrogens with two attached hydrogens (primary N) is 3. The molecule has 2 aromatic heterocycles. The van der Waals surface area contributed by atoms with Crippen molar-refractivity contribution in [2.24, 2.45) is 23.1 Å². The first-order chi connectivity index (χ1) is 21.7. The smallest absolute Gasteiger partial charge is 0.449 e. The van der Waals surface area contributed by atoms with Crippen molar-refractivity contribution in [2.45, 2.75) is 49.6 Å². The third kappa shape index (κ3) is 4.94. The number of ether oxygens (including phenoxy) is 3. The van der Waals surface area contributed by atoms with Crippen molar-refractivity contribution in [1.82, 2.24) is 24.4 Å². The number of phosphoric ester groups is 1. The standard InChI is InChI=1S/C25H32N9O11P/c1-9-16(27)20(37)15-10(5-43-24(28)38)25(42-2)21(11(26)4-34(25)18(15)19(9)36)32-22-17-23(30-7-29-22)33(8-31-17)14-3-12(35)13(45-14)6-44-46(39,40)41/h7-8,10-14,21,35H,3-6,26-27H2,1-2H3,(H2,28,38)(H,29,30,32)(H2,39,40,41). The monoisotopic (exact) mass is 665 g/mol. The van der Waals surface area contributed by atoms with Crippen molar-refractivity contribution in [3.05, 3.63) is 35.2 Å². The van der Waals surface area contributed by atoms with E-state index in [1.165, 1.54) is 31.3 Å². The number of phosphoric acid groups is 1. The van der Waals surface area contributed by atoms with Crippen molar-refractivity contribution in [1.29, 1.82) is 0 Å². The van der Waals surface area contributed by atoms with Crippen LogP contribution in [-0.4, -0.2) is 114 Å². The van der Waals surface area contributed by atoms with Crippen molar-refractivity contribution in [3.8, 4) is 0 Å². The predicted octanol–water partition coefficient (Wildman–Crippen LogP) is -2.29. The highest BCUT2D eigenvalue weighted by molar-refractivity contribution is 7.46. The number of aromatic nitrogens is 4. The van der Waals surface area contributed by atoms with Crippen LogP contribution >= 0.6 is 7.82 Å². The molecule has 5 heterocycles. The number of nitrogens with zero attached hydrogens (tertiary/aromatic N) is 5. The maximum Gasteiger partial charge on any atom is 0.469 e. The van der Waals surface area contributed by atoms with Crippen molar-refractivity contribution in [2.75, 3.05) is 32.2 Å². The van der Waals surface area contributed by atoms with Crippen LogP contribution in [0.4, 0.5) is 10.6 Å². The first-order valence-corrected chi connectivity index (χ1v) is 15.5. The summed E-state index contributed by atoms with van der Waals surface area (Å²) >= 11 is 0. The van der Waals surface area contributed by atoms with Crippen LogP contribution < -0.4 is 22.5 Å². The van der Waals surface area contributed by atoms with E-state index in [9.17, 15) is 24.1 Å². The second-order valence-electron chi connectivity index (χ2n) is 11.3. The number of fused-ring (bicyclic) bond motifs is 3. The largest absolute Gasteiger partial charge is 0.469 e. The van der Waals surface area contributed by atoms with Gasteiger partial charge in [-0.15, -0.1) is 0 Å². The van der Waals surface area contributed by atoms with Gasteiger partial charge in [0.25, 0.3) is 0 Å². The molecule has 2 fully saturated rings. The molecule has 3 aliphatic heterocycles. The maximum absolute atomic E-state index is 13.5. The number of methoxy groups -OCH3 is 1. The minimum absolute atomic E-state index is 0.0150. The highest BCUT2D eigenvalue weighted by Gasteiger charge is 2.67. The van der Waals surface area contributed by atoms with E-state index in [0.29, 0.717) is 0 Å². The summed E-state index contributed by atoms with van der Waals surface area (Å²) in [5.74, 6) is -1.96. The lowest BCUT2D eigenvalue weighted by atomic mass is 9.80. The Labute approximate surface area is 259 Å². The lowest BCUT2D eigenvalue weighted by molar-refractivity contribution is -0.136. The zero-order valence-corrected chi connectivity index (χ0v) is 25.4. The van der Waals surface area contributed by atoms with E-state index in [-0.39, 0.29) is 52.5 Å². The fraction of sp³-hybridized carbons (Fsp3) is 0.520. The highest BCUT2D eigenvalue weighted by Crippen LogP contribution is 2.52. The Kier molecular flexibility index (Phi) is 7.88. The van der Waals surface area contributed by atoms with Gasteiger partial charge < -0.3 is 56.5 Å². The molecule has 4 aliphatic rings. The molecule has 7 atom stereocenters. The molecule has 0 bridgehead atoms. The number of imidazole rings is 1. The van der Waals surface area contributed by atoms with Gasteiger partial charge in [-0.3, -0.25) is 18.7 Å². The van der Waals surface area contributed by atoms with Crippen LogP contribution in [0.25, 0.3) is 11.2 Å². The second kappa shape index (κ2) is 11.4. The molecule has 0 aromatic carbocycles. The molecule has 2 saturated heterocycles. The highest BCUT2D eigenvalue weighted by atomic mass is 31.2. The van der Waals surface area contributed by atoms with Crippen molar-refractivity contribution >= 4 is 42.5 Å². The van der Waals surface area contributed by atoms with E-state index in [1.807, 2.05) is 0 Å². The Balaban J connectivity index is 1.34. The molecule has 0 spiro atoms. The van der Waals surface area contributed by atoms with Gasteiger partial charge in [-0.1, -0.05) is 0 Å². The fourth-order valence-corrected chi connectivity index (χ4v) is 7.07. The normalized spacial score (nSPS) is 31.2. The van der Waals surface area contributed by atoms with Crippen molar-refractivity contribution < 1.29 is 52.6 Å². The minimum atomic E-state index is -4.78. The van der Waals surface area contributed by atoms with Crippen LogP contribution in [0.5, 0.6) is 0 Å². The SMILES string of the molecule is COC12C(COC(N)=O)C3=C(C(=O)C(C)=C(N)C3=O)N1CC(N)C2Nc1ncnc2c1ncn2C1CC(O)C(COP(=O)(O)O)O1. The Morgan fingerprint density at radius 2 is 1.98 bits per heavy atom. The molecule has 0 saturated carbocycles. The number of amides is 1. The summed E-state index contributed by atoms with van der Waals surface area (Å²) in [7, 11) is -3.42. The van der Waals surface area contributed by atoms with E-state index >= 15 is 0 Å². The predicted molar refractivity (Wildman–Crippen MR) is 153 cm³/mol. The van der Waals surface area contributed by atoms with Gasteiger partial charge in [0.15, 0.2) is 22.7 Å². The first kappa shape index (κ1) is 32.0. The number of nitrogens with one attached hydrogen (secondary N) is 1. The molecular formula is C25H32N9O11P. The lowest BCUT2D eigenvalue weighted by Gasteiger charge is -2.42. The average Bonchev–Trinajstić information content (AvgIpc) is 3.73. The third-order valence-corrected chi connectivity index (χ3v) is 9.29. The molecule has 7 unspecified atom stereocenters. The van der Waals surface area contributed by atoms with Gasteiger partial charge in [-0.25, -0.2) is 24.3 Å². The number of hydrogen-bond donors (Lipinski definition) is 7. The number of rotatable bonds is 9. The van der Waals surface area contributed by atoms with Crippen LogP contribution in [0.3, 0.4) is 0 Å². The number of ketones is 2. The molecule has 6 rings (SSSR count). The van der Waals surface area contributed by atoms with E-state index in [2.05, 4.69) is 24.8 Å². The Morgan fingerprint density at radius 3 is 2.65 bits per heavy atom. The summed E-state index contributed by atoms with van der Waals surface area (Å²) in [6.07, 6.45) is -1.37. The Hall–Kier alpha value is -4.01. The van der Waals surface area contributed by atoms with Crippen LogP contribution in [0, 0.1) is 5.92 Å². The van der Waals surface area contributed by atoms with Gasteiger partial charge >= 0.3 is 13.9 Å². The van der Waals surface area contributed by atoms with Crippen LogP contribution in [-0.2, 0) is 32.9 Å². The molecule has 10 N–H and O–H groups in total. The number of primary amides is 1. The van der Waals surface area contributed by atoms with E-state index in [4.69, 9.17) is 41.2 Å². The number of hydrogen-bond acceptors (Lipinski definition) is 16. The Morgan fingerprint density at radius 1 is 1.24 bits per heavy atom. The van der Waals surface area contributed by atoms with Crippen molar-refractivity contribution in [3.63, 3.8) is 0 Å². The minimum Gasteiger partial charge on any atom is -0.449 e. The van der Waals surface area contributed by atoms with Gasteiger partial charge in [0.05, 0.1) is 42.4 Å². The molecule has 20 nitrogen and oxygen atoms in total. The average molecular weight is 666 g/mol. The van der Waals surface area contributed by atoms with Crippen LogP contribution in [0.15, 0.2) is 35.2 Å². The number of anilines is 1. The molecule has 248 valence electrons. The van der Waals surface area contributed by atoms with Gasteiger partial charge in [0.2, 0.25) is 11.6 Å². The van der Waals surface area contributed by atoms with E-state index in [1.54, 1.807) is 4.90 Å². The summed E-state index contributed by atoms with van der Waals surface area (Å²) in [5.41, 5.74) is 16.8. The number of Topliss-reactive ketones (excluding diaryl/α,β-unsaturated/α-hetero) is 2. The molecule has 2 aromatic rings. The molecule has 1 aliphatic carbocycles. The van der Waals surface area contributed by atoms with E-state index in [0.717, 1.165) is 0 Å². The number of carbonyl (C=O) groups excluding carboxylic acids is 3. The zero-order chi connectivity index (χ0) is 33.3. The van der Waals surface area contributed by atoms with Gasteiger partial charge in [0, 0.05) is 37.3 Å². The molecule has 21 heteroatoms. The van der Waals surface area contributed by atoms with Gasteiger partial charge in [0.1, 0.15) is 25.3 Å². The quantitative estimate of drug-likeness (QED) is 0.109. The second-order valence-corrected chi connectivity index (χ2v) is 12.5. The number of aliphatic hydroxyl groups excluding tert-OH is 1. The topological polar surface area (TPSA) is 303 Å². The van der Waals surface area contributed by atoms with Gasteiger partial charge in [-0.05, 0) is 6.92 Å². The number of allylic oxidation sites excluding steroid dienone is 2. The Bertz CT molecular complexity index is 1740. The summed E-state index contributed by atoms with van der Waals surface area (Å²) in [6, 6.07) is -1.62. The zero-order valence-electron chi connectivity index (χ0n) is 24.5. The summed E-state index contributed by atoms with van der Waals surface area (Å²) in [5, 5.41) is 13.7. The van der Waals surface area contributed by atoms with Crippen LogP contribution in [0.2, 0.25) is 0 Å². The van der Waals surface area contributed by atoms with E-state index < -0.39 is 80.9 Å². The third-order valence-electron chi connectivity index (χ3n) is 8.80. The molecule has 1 amide bonds. The number of aliphatic hydroxyl groups is 1. The summed E-state index contributed by atoms with van der Waals surface area (Å²) in [6.45, 7) is 0.519. The molecular weight excluding hydrogens is 633 g/mol. The van der Waals surface area contributed by atoms with Gasteiger partial charge in [-0.2, -0.15) is 0 Å². The maximum atomic E-state index is 13.5. The summed E-state index contributed by atoms with van der Waals surface area (Å²) in [4.78, 5) is 71.4. The first-order valence-electron chi connectivity index (χ1n) is 14.0. The fourth-order valence-electron chi connectivity index (χ4n) is 6.73. The molecule has 0 radical (unpaired) electrons.